The molecule has 0 aliphatic carbocycles. The predicted octanol–water partition coefficient (Wildman–Crippen LogP) is 9.94. The van der Waals surface area contributed by atoms with Gasteiger partial charge in [0, 0.05) is 22.9 Å². The van der Waals surface area contributed by atoms with Crippen LogP contribution in [0, 0.1) is 23.7 Å². The molecule has 0 aliphatic rings. The summed E-state index contributed by atoms with van der Waals surface area (Å²) in [4.78, 5) is 24.3. The van der Waals surface area contributed by atoms with E-state index in [0.717, 1.165) is 24.3 Å². The zero-order valence-corrected chi connectivity index (χ0v) is 34.5. The Morgan fingerprint density at radius 1 is 0.564 bits per heavy atom. The van der Waals surface area contributed by atoms with Gasteiger partial charge in [0.1, 0.15) is 0 Å². The summed E-state index contributed by atoms with van der Waals surface area (Å²) in [5.41, 5.74) is -5.73. The summed E-state index contributed by atoms with van der Waals surface area (Å²) < 4.78 is 11.0. The van der Waals surface area contributed by atoms with Crippen molar-refractivity contribution >= 4 is 57.8 Å². The maximum atomic E-state index is 12.1. The van der Waals surface area contributed by atoms with Crippen LogP contribution in [0.3, 0.4) is 0 Å². The average molecular weight is 716 g/mol. The number of hydrogen-bond donors (Lipinski definition) is 0. The molecule has 39 heavy (non-hydrogen) atoms. The molecule has 0 N–H and O–H groups in total. The first kappa shape index (κ1) is 45.9. The molecule has 0 bridgehead atoms. The molecular weight excluding hydrogens is 656 g/mol. The minimum Gasteiger partial charge on any atom is -0.793 e. The van der Waals surface area contributed by atoms with E-state index >= 15 is 0 Å². The Kier molecular flexibility index (Phi) is 34.3. The first-order chi connectivity index (χ1) is 17.8. The molecule has 0 fully saturated rings. The fourth-order valence-corrected chi connectivity index (χ4v) is 10.6. The monoisotopic (exact) mass is 714 g/mol. The van der Waals surface area contributed by atoms with Gasteiger partial charge < -0.3 is 18.8 Å². The molecule has 11 heteroatoms. The Bertz CT molecular complexity index is 538. The van der Waals surface area contributed by atoms with E-state index in [1.807, 2.05) is 0 Å². The molecule has 4 nitrogen and oxygen atoms in total. The van der Waals surface area contributed by atoms with Crippen molar-refractivity contribution in [2.45, 2.75) is 132 Å². The van der Waals surface area contributed by atoms with Crippen LogP contribution >= 0.6 is 34.2 Å². The molecule has 0 amide bonds. The van der Waals surface area contributed by atoms with Gasteiger partial charge in [-0.25, -0.2) is 0 Å². The Balaban J connectivity index is -0.000000648. The Morgan fingerprint density at radius 3 is 1.08 bits per heavy atom. The SMILES string of the molecule is CCCCC(C)COP([O-])(=S)SCC(C)CCCC.CCCCC(C)COP([O-])(=S)SCC(C)CCCC.[Zn+2]. The maximum absolute atomic E-state index is 12.1. The molecule has 0 aromatic rings. The quantitative estimate of drug-likeness (QED) is 0.0723. The summed E-state index contributed by atoms with van der Waals surface area (Å²) in [5.74, 6) is 3.75. The predicted molar refractivity (Wildman–Crippen MR) is 180 cm³/mol. The van der Waals surface area contributed by atoms with Crippen molar-refractivity contribution in [3.63, 3.8) is 0 Å². The summed E-state index contributed by atoms with van der Waals surface area (Å²) in [6.45, 7) is 18.5. The van der Waals surface area contributed by atoms with Gasteiger partial charge in [-0.1, -0.05) is 130 Å². The van der Waals surface area contributed by atoms with Crippen LogP contribution in [0.1, 0.15) is 132 Å². The van der Waals surface area contributed by atoms with Crippen molar-refractivity contribution in [3.05, 3.63) is 0 Å². The molecule has 232 valence electrons. The number of hydrogen-bond acceptors (Lipinski definition) is 8. The van der Waals surface area contributed by atoms with Crippen LogP contribution < -0.4 is 9.79 Å². The standard InChI is InChI=1S/2C14H31O2PS2.Zn/c2*1-5-7-9-13(3)11-16-17(15,18)19-12-14(4)10-8-6-2;/h2*13-14H,5-12H2,1-4H3,(H,15,18);/q;;+2/p-2. The molecule has 0 saturated heterocycles. The average Bonchev–Trinajstić information content (AvgIpc) is 2.88. The van der Waals surface area contributed by atoms with Gasteiger partial charge in [-0.05, 0) is 49.4 Å². The summed E-state index contributed by atoms with van der Waals surface area (Å²) in [6.07, 6.45) is 14.3. The van der Waals surface area contributed by atoms with E-state index in [-0.39, 0.29) is 19.5 Å². The Morgan fingerprint density at radius 2 is 0.821 bits per heavy atom. The Hall–Kier alpha value is 2.46. The van der Waals surface area contributed by atoms with Gasteiger partial charge in [-0.2, -0.15) is 0 Å². The summed E-state index contributed by atoms with van der Waals surface area (Å²) >= 11 is 12.9. The van der Waals surface area contributed by atoms with Gasteiger partial charge in [0.25, 0.3) is 0 Å². The molecule has 0 radical (unpaired) electrons. The Labute approximate surface area is 275 Å². The minimum absolute atomic E-state index is 0. The van der Waals surface area contributed by atoms with E-state index in [1.54, 1.807) is 0 Å². The van der Waals surface area contributed by atoms with Crippen LogP contribution in [0.4, 0.5) is 0 Å². The van der Waals surface area contributed by atoms with Crippen LogP contribution in [-0.2, 0) is 52.1 Å². The molecule has 0 aromatic carbocycles. The molecule has 0 aliphatic heterocycles. The van der Waals surface area contributed by atoms with Gasteiger partial charge >= 0.3 is 19.5 Å². The van der Waals surface area contributed by atoms with Crippen LogP contribution in [0.5, 0.6) is 0 Å². The second kappa shape index (κ2) is 29.2. The third-order valence-corrected chi connectivity index (χ3v) is 15.2. The second-order valence-electron chi connectivity index (χ2n) is 11.1. The minimum atomic E-state index is -2.86. The van der Waals surface area contributed by atoms with Crippen molar-refractivity contribution in [1.82, 2.24) is 0 Å². The van der Waals surface area contributed by atoms with Crippen molar-refractivity contribution < 1.29 is 38.3 Å². The molecule has 0 heterocycles. The molecular formula is C28H60O4P2S4Zn. The van der Waals surface area contributed by atoms with E-state index in [2.05, 4.69) is 55.4 Å². The van der Waals surface area contributed by atoms with Crippen LogP contribution in [0.2, 0.25) is 0 Å². The van der Waals surface area contributed by atoms with Gasteiger partial charge in [0.15, 0.2) is 0 Å². The van der Waals surface area contributed by atoms with Gasteiger partial charge in [0.2, 0.25) is 0 Å². The summed E-state index contributed by atoms with van der Waals surface area (Å²) in [6, 6.07) is 0. The van der Waals surface area contributed by atoms with Crippen LogP contribution in [-0.4, -0.2) is 24.7 Å². The van der Waals surface area contributed by atoms with Crippen LogP contribution in [0.15, 0.2) is 0 Å². The van der Waals surface area contributed by atoms with Gasteiger partial charge in [0.05, 0.1) is 13.2 Å². The molecule has 0 aromatic heterocycles. The fraction of sp³-hybridized carbons (Fsp3) is 1.00. The number of unbranched alkanes of at least 4 members (excludes halogenated alkanes) is 4. The number of rotatable bonds is 24. The van der Waals surface area contributed by atoms with Gasteiger partial charge in [-0.15, -0.1) is 22.8 Å². The van der Waals surface area contributed by atoms with Crippen molar-refractivity contribution in [2.24, 2.45) is 23.7 Å². The van der Waals surface area contributed by atoms with E-state index in [1.165, 1.54) is 87.0 Å². The summed E-state index contributed by atoms with van der Waals surface area (Å²) in [5, 5.41) is 0. The third kappa shape index (κ3) is 33.2. The molecule has 0 saturated carbocycles. The first-order valence-electron chi connectivity index (χ1n) is 15.0. The van der Waals surface area contributed by atoms with Crippen molar-refractivity contribution in [3.8, 4) is 0 Å². The topological polar surface area (TPSA) is 64.6 Å². The van der Waals surface area contributed by atoms with Crippen LogP contribution in [0.25, 0.3) is 0 Å². The summed E-state index contributed by atoms with van der Waals surface area (Å²) in [7, 11) is 0. The zero-order chi connectivity index (χ0) is 29.5. The normalized spacial score (nSPS) is 17.5. The second-order valence-corrected chi connectivity index (χ2v) is 23.3. The van der Waals surface area contributed by atoms with E-state index < -0.39 is 11.4 Å². The first-order valence-corrected chi connectivity index (χ1v) is 23.5. The van der Waals surface area contributed by atoms with E-state index in [4.69, 9.17) is 32.7 Å². The molecule has 6 unspecified atom stereocenters. The fourth-order valence-electron chi connectivity index (χ4n) is 3.49. The third-order valence-electron chi connectivity index (χ3n) is 6.27. The molecule has 0 rings (SSSR count). The van der Waals surface area contributed by atoms with Gasteiger partial charge in [-0.3, -0.25) is 0 Å². The maximum Gasteiger partial charge on any atom is 2.00 e. The van der Waals surface area contributed by atoms with Crippen molar-refractivity contribution in [1.29, 1.82) is 0 Å². The molecule has 6 atom stereocenters. The van der Waals surface area contributed by atoms with Crippen molar-refractivity contribution in [2.75, 3.05) is 24.7 Å². The molecule has 0 spiro atoms. The zero-order valence-electron chi connectivity index (χ0n) is 26.5. The largest absolute Gasteiger partial charge is 2.00 e. The van der Waals surface area contributed by atoms with E-state index in [0.29, 0.717) is 36.9 Å². The smallest absolute Gasteiger partial charge is 0.793 e. The van der Waals surface area contributed by atoms with E-state index in [9.17, 15) is 9.79 Å².